The molecule has 3 rings (SSSR count). The average Bonchev–Trinajstić information content (AvgIpc) is 2.50. The van der Waals surface area contributed by atoms with Crippen LogP contribution in [-0.4, -0.2) is 41.4 Å². The van der Waals surface area contributed by atoms with Crippen LogP contribution >= 0.6 is 0 Å². The molecule has 15 heavy (non-hydrogen) atoms. The number of aliphatic hydroxyl groups is 1. The van der Waals surface area contributed by atoms with Crippen molar-refractivity contribution in [3.05, 3.63) is 0 Å². The molecule has 0 aromatic carbocycles. The van der Waals surface area contributed by atoms with Gasteiger partial charge in [-0.3, -0.25) is 0 Å². The quantitative estimate of drug-likeness (QED) is 0.716. The third kappa shape index (κ3) is 2.09. The standard InChI is InChI=1S/C11H19NO3/c1-2-15-11(14)12-7-8-4-3-5-9(12)6-10(8)13/h8-10,13H,2-7H2,1H3/t8-,9-,10?/m0/s1. The minimum Gasteiger partial charge on any atom is -0.450 e. The molecule has 3 aliphatic rings. The second-order valence-corrected chi connectivity index (χ2v) is 4.50. The lowest BCUT2D eigenvalue weighted by atomic mass is 9.92. The summed E-state index contributed by atoms with van der Waals surface area (Å²) in [5, 5.41) is 9.83. The Labute approximate surface area is 90.2 Å². The van der Waals surface area contributed by atoms with E-state index in [-0.39, 0.29) is 24.2 Å². The molecule has 1 saturated carbocycles. The zero-order valence-corrected chi connectivity index (χ0v) is 9.19. The van der Waals surface area contributed by atoms with Gasteiger partial charge in [0.2, 0.25) is 0 Å². The van der Waals surface area contributed by atoms with Gasteiger partial charge in [0.15, 0.2) is 0 Å². The summed E-state index contributed by atoms with van der Waals surface area (Å²) in [5.74, 6) is 0.258. The van der Waals surface area contributed by atoms with Crippen LogP contribution in [0.4, 0.5) is 4.79 Å². The highest BCUT2D eigenvalue weighted by atomic mass is 16.6. The molecule has 86 valence electrons. The topological polar surface area (TPSA) is 49.8 Å². The normalized spacial score (nSPS) is 35.1. The predicted octanol–water partition coefficient (Wildman–Crippen LogP) is 1.38. The predicted molar refractivity (Wildman–Crippen MR) is 55.5 cm³/mol. The molecule has 4 nitrogen and oxygen atoms in total. The van der Waals surface area contributed by atoms with Gasteiger partial charge in [-0.25, -0.2) is 4.79 Å². The van der Waals surface area contributed by atoms with E-state index < -0.39 is 0 Å². The van der Waals surface area contributed by atoms with E-state index >= 15 is 0 Å². The van der Waals surface area contributed by atoms with Crippen LogP contribution in [0.1, 0.15) is 32.6 Å². The fraction of sp³-hybridized carbons (Fsp3) is 0.909. The third-order valence-corrected chi connectivity index (χ3v) is 3.54. The molecule has 4 heteroatoms. The summed E-state index contributed by atoms with van der Waals surface area (Å²) in [7, 11) is 0. The Balaban J connectivity index is 2.05. The molecule has 0 aromatic heterocycles. The fourth-order valence-electron chi connectivity index (χ4n) is 2.72. The van der Waals surface area contributed by atoms with Crippen LogP contribution in [0.3, 0.4) is 0 Å². The summed E-state index contributed by atoms with van der Waals surface area (Å²) in [4.78, 5) is 13.5. The van der Waals surface area contributed by atoms with E-state index in [1.165, 1.54) is 0 Å². The first-order chi connectivity index (χ1) is 7.22. The Kier molecular flexibility index (Phi) is 3.14. The Morgan fingerprint density at radius 3 is 3.07 bits per heavy atom. The van der Waals surface area contributed by atoms with Gasteiger partial charge in [-0.05, 0) is 26.2 Å². The lowest BCUT2D eigenvalue weighted by Crippen LogP contribution is -2.50. The lowest BCUT2D eigenvalue weighted by Gasteiger charge is -2.38. The molecule has 2 saturated heterocycles. The van der Waals surface area contributed by atoms with Crippen molar-refractivity contribution in [1.82, 2.24) is 4.90 Å². The Hall–Kier alpha value is -0.770. The summed E-state index contributed by atoms with van der Waals surface area (Å²) in [6.07, 6.45) is 3.45. The van der Waals surface area contributed by atoms with Gasteiger partial charge in [0.1, 0.15) is 0 Å². The number of hydrogen-bond acceptors (Lipinski definition) is 3. The molecular formula is C11H19NO3. The first-order valence-electron chi connectivity index (χ1n) is 5.83. The van der Waals surface area contributed by atoms with Gasteiger partial charge in [0, 0.05) is 18.5 Å². The summed E-state index contributed by atoms with van der Waals surface area (Å²) >= 11 is 0. The molecule has 0 radical (unpaired) electrons. The molecule has 2 aliphatic heterocycles. The van der Waals surface area contributed by atoms with Crippen molar-refractivity contribution in [3.63, 3.8) is 0 Å². The summed E-state index contributed by atoms with van der Waals surface area (Å²) < 4.78 is 5.03. The van der Waals surface area contributed by atoms with Crippen molar-refractivity contribution in [2.75, 3.05) is 13.2 Å². The number of ether oxygens (including phenoxy) is 1. The zero-order valence-electron chi connectivity index (χ0n) is 9.19. The minimum atomic E-state index is -0.219. The van der Waals surface area contributed by atoms with Crippen molar-refractivity contribution >= 4 is 6.09 Å². The molecular weight excluding hydrogens is 194 g/mol. The highest BCUT2D eigenvalue weighted by molar-refractivity contribution is 5.68. The Morgan fingerprint density at radius 1 is 1.53 bits per heavy atom. The van der Waals surface area contributed by atoms with E-state index in [1.54, 1.807) is 0 Å². The highest BCUT2D eigenvalue weighted by Gasteiger charge is 2.39. The smallest absolute Gasteiger partial charge is 0.410 e. The number of carbonyl (C=O) groups excluding carboxylic acids is 1. The van der Waals surface area contributed by atoms with E-state index in [9.17, 15) is 9.90 Å². The molecule has 3 fully saturated rings. The molecule has 0 aromatic rings. The third-order valence-electron chi connectivity index (χ3n) is 3.54. The largest absolute Gasteiger partial charge is 0.450 e. The Morgan fingerprint density at radius 2 is 2.33 bits per heavy atom. The summed E-state index contributed by atoms with van der Waals surface area (Å²) in [6.45, 7) is 2.92. The SMILES string of the molecule is CCOC(=O)N1C[C@@H]2CCC[C@H]1CC2O. The molecule has 2 bridgehead atoms. The van der Waals surface area contributed by atoms with Crippen molar-refractivity contribution in [3.8, 4) is 0 Å². The van der Waals surface area contributed by atoms with E-state index in [1.807, 2.05) is 11.8 Å². The number of rotatable bonds is 1. The van der Waals surface area contributed by atoms with E-state index in [4.69, 9.17) is 4.74 Å². The number of amides is 1. The molecule has 3 atom stereocenters. The van der Waals surface area contributed by atoms with Crippen LogP contribution in [0.2, 0.25) is 0 Å². The van der Waals surface area contributed by atoms with Gasteiger partial charge < -0.3 is 14.7 Å². The number of piperidine rings is 1. The minimum absolute atomic E-state index is 0.192. The maximum Gasteiger partial charge on any atom is 0.410 e. The van der Waals surface area contributed by atoms with Crippen LogP contribution in [0.25, 0.3) is 0 Å². The number of nitrogens with zero attached hydrogens (tertiary/aromatic N) is 1. The second-order valence-electron chi connectivity index (χ2n) is 4.50. The Bertz CT molecular complexity index is 244. The number of aliphatic hydroxyl groups excluding tert-OH is 1. The number of fused-ring (bicyclic) bond motifs is 4. The fourth-order valence-corrected chi connectivity index (χ4v) is 2.72. The van der Waals surface area contributed by atoms with Crippen LogP contribution in [0.5, 0.6) is 0 Å². The van der Waals surface area contributed by atoms with Gasteiger partial charge in [0.05, 0.1) is 12.7 Å². The average molecular weight is 213 g/mol. The molecule has 2 heterocycles. The second kappa shape index (κ2) is 4.39. The van der Waals surface area contributed by atoms with Gasteiger partial charge in [0.25, 0.3) is 0 Å². The van der Waals surface area contributed by atoms with Gasteiger partial charge in [-0.1, -0.05) is 6.42 Å². The van der Waals surface area contributed by atoms with E-state index in [2.05, 4.69) is 0 Å². The molecule has 1 aliphatic carbocycles. The van der Waals surface area contributed by atoms with Crippen molar-refractivity contribution < 1.29 is 14.6 Å². The summed E-state index contributed by atoms with van der Waals surface area (Å²) in [5.41, 5.74) is 0. The van der Waals surface area contributed by atoms with Crippen LogP contribution < -0.4 is 0 Å². The van der Waals surface area contributed by atoms with Crippen LogP contribution in [0, 0.1) is 5.92 Å². The van der Waals surface area contributed by atoms with Crippen LogP contribution in [-0.2, 0) is 4.74 Å². The monoisotopic (exact) mass is 213 g/mol. The summed E-state index contributed by atoms with van der Waals surface area (Å²) in [6, 6.07) is 0.192. The molecule has 1 unspecified atom stereocenters. The van der Waals surface area contributed by atoms with Crippen LogP contribution in [0.15, 0.2) is 0 Å². The first-order valence-corrected chi connectivity index (χ1v) is 5.83. The zero-order chi connectivity index (χ0) is 10.8. The van der Waals surface area contributed by atoms with Gasteiger partial charge >= 0.3 is 6.09 Å². The molecule has 1 N–H and O–H groups in total. The van der Waals surface area contributed by atoms with Crippen molar-refractivity contribution in [2.24, 2.45) is 5.92 Å². The molecule has 1 amide bonds. The number of carbonyl (C=O) groups is 1. The van der Waals surface area contributed by atoms with Gasteiger partial charge in [-0.15, -0.1) is 0 Å². The lowest BCUT2D eigenvalue weighted by molar-refractivity contribution is 0.00337. The highest BCUT2D eigenvalue weighted by Crippen LogP contribution is 2.33. The van der Waals surface area contributed by atoms with Crippen molar-refractivity contribution in [1.29, 1.82) is 0 Å². The maximum atomic E-state index is 11.7. The van der Waals surface area contributed by atoms with Crippen molar-refractivity contribution in [2.45, 2.75) is 44.8 Å². The van der Waals surface area contributed by atoms with Gasteiger partial charge in [-0.2, -0.15) is 0 Å². The van der Waals surface area contributed by atoms with E-state index in [0.717, 1.165) is 25.7 Å². The number of hydrogen-bond donors (Lipinski definition) is 1. The molecule has 0 spiro atoms. The van der Waals surface area contributed by atoms with E-state index in [0.29, 0.717) is 13.2 Å². The first kappa shape index (κ1) is 10.7. The maximum absolute atomic E-state index is 11.7.